The molecule has 21 heavy (non-hydrogen) atoms. The molecule has 0 aromatic carbocycles. The van der Waals surface area contributed by atoms with Crippen molar-refractivity contribution in [3.05, 3.63) is 18.1 Å². The van der Waals surface area contributed by atoms with Crippen molar-refractivity contribution in [3.8, 4) is 5.88 Å². The van der Waals surface area contributed by atoms with Crippen molar-refractivity contribution in [2.24, 2.45) is 11.8 Å². The van der Waals surface area contributed by atoms with Gasteiger partial charge in [0.05, 0.1) is 19.0 Å². The summed E-state index contributed by atoms with van der Waals surface area (Å²) in [4.78, 5) is 22.8. The molecule has 114 valence electrons. The largest absolute Gasteiger partial charge is 0.476 e. The first-order valence-corrected chi connectivity index (χ1v) is 7.96. The standard InChI is InChI=1S/C16H23N3O2/c1-12-3-2-7-19(8-6-12)16(20)14-9-18-15(10-17-14)21-11-13-4-5-13/h9-10,12-13H,2-8,11H2,1H3/t12-/m1/s1. The zero-order valence-electron chi connectivity index (χ0n) is 12.6. The smallest absolute Gasteiger partial charge is 0.274 e. The zero-order valence-corrected chi connectivity index (χ0v) is 12.6. The zero-order chi connectivity index (χ0) is 14.7. The summed E-state index contributed by atoms with van der Waals surface area (Å²) in [5.74, 6) is 1.90. The van der Waals surface area contributed by atoms with E-state index >= 15 is 0 Å². The molecule has 1 saturated heterocycles. The van der Waals surface area contributed by atoms with E-state index in [9.17, 15) is 4.79 Å². The van der Waals surface area contributed by atoms with Gasteiger partial charge < -0.3 is 9.64 Å². The number of ether oxygens (including phenoxy) is 1. The van der Waals surface area contributed by atoms with Gasteiger partial charge in [-0.25, -0.2) is 9.97 Å². The van der Waals surface area contributed by atoms with Crippen molar-refractivity contribution < 1.29 is 9.53 Å². The van der Waals surface area contributed by atoms with Gasteiger partial charge >= 0.3 is 0 Å². The van der Waals surface area contributed by atoms with Crippen LogP contribution >= 0.6 is 0 Å². The summed E-state index contributed by atoms with van der Waals surface area (Å²) in [6.07, 6.45) is 8.94. The summed E-state index contributed by atoms with van der Waals surface area (Å²) < 4.78 is 5.55. The SMILES string of the molecule is C[C@@H]1CCCN(C(=O)c2cnc(OCC3CC3)cn2)CC1. The molecule has 1 aromatic rings. The maximum Gasteiger partial charge on any atom is 0.274 e. The van der Waals surface area contributed by atoms with Crippen LogP contribution in [0.4, 0.5) is 0 Å². The first-order chi connectivity index (χ1) is 10.2. The Hall–Kier alpha value is -1.65. The third kappa shape index (κ3) is 3.93. The summed E-state index contributed by atoms with van der Waals surface area (Å²) in [5.41, 5.74) is 0.420. The van der Waals surface area contributed by atoms with Gasteiger partial charge in [-0.1, -0.05) is 6.92 Å². The second-order valence-corrected chi connectivity index (χ2v) is 6.32. The molecule has 0 bridgehead atoms. The van der Waals surface area contributed by atoms with Crippen molar-refractivity contribution in [1.82, 2.24) is 14.9 Å². The highest BCUT2D eigenvalue weighted by Crippen LogP contribution is 2.29. The topological polar surface area (TPSA) is 55.3 Å². The molecule has 0 unspecified atom stereocenters. The Bertz CT molecular complexity index is 485. The molecule has 1 aliphatic heterocycles. The predicted octanol–water partition coefficient (Wildman–Crippen LogP) is 2.53. The van der Waals surface area contributed by atoms with Crippen LogP contribution < -0.4 is 4.74 Å². The number of amides is 1. The van der Waals surface area contributed by atoms with Crippen LogP contribution in [0.15, 0.2) is 12.4 Å². The highest BCUT2D eigenvalue weighted by molar-refractivity contribution is 5.92. The lowest BCUT2D eigenvalue weighted by atomic mass is 10.0. The highest BCUT2D eigenvalue weighted by atomic mass is 16.5. The van der Waals surface area contributed by atoms with Crippen molar-refractivity contribution in [1.29, 1.82) is 0 Å². The van der Waals surface area contributed by atoms with Crippen LogP contribution in [0.2, 0.25) is 0 Å². The van der Waals surface area contributed by atoms with Gasteiger partial charge in [0.1, 0.15) is 5.69 Å². The van der Waals surface area contributed by atoms with Crippen molar-refractivity contribution in [3.63, 3.8) is 0 Å². The van der Waals surface area contributed by atoms with E-state index in [0.29, 0.717) is 30.0 Å². The number of rotatable bonds is 4. The fourth-order valence-electron chi connectivity index (χ4n) is 2.62. The van der Waals surface area contributed by atoms with Gasteiger partial charge in [-0.05, 0) is 43.9 Å². The molecule has 2 aliphatic rings. The number of likely N-dealkylation sites (tertiary alicyclic amines) is 1. The Morgan fingerprint density at radius 3 is 2.81 bits per heavy atom. The van der Waals surface area contributed by atoms with Crippen molar-refractivity contribution >= 4 is 5.91 Å². The molecule has 0 N–H and O–H groups in total. The van der Waals surface area contributed by atoms with E-state index < -0.39 is 0 Å². The summed E-state index contributed by atoms with van der Waals surface area (Å²) in [5, 5.41) is 0. The quantitative estimate of drug-likeness (QED) is 0.854. The molecule has 3 rings (SSSR count). The number of nitrogens with zero attached hydrogens (tertiary/aromatic N) is 3. The number of hydrogen-bond acceptors (Lipinski definition) is 4. The van der Waals surface area contributed by atoms with E-state index in [0.717, 1.165) is 25.9 Å². The van der Waals surface area contributed by atoms with Crippen LogP contribution in [-0.4, -0.2) is 40.5 Å². The summed E-state index contributed by atoms with van der Waals surface area (Å²) in [7, 11) is 0. The predicted molar refractivity (Wildman–Crippen MR) is 79.2 cm³/mol. The van der Waals surface area contributed by atoms with Crippen LogP contribution in [0.3, 0.4) is 0 Å². The summed E-state index contributed by atoms with van der Waals surface area (Å²) >= 11 is 0. The molecule has 1 atom stereocenters. The van der Waals surface area contributed by atoms with E-state index in [4.69, 9.17) is 4.74 Å². The molecule has 1 saturated carbocycles. The second kappa shape index (κ2) is 6.41. The van der Waals surface area contributed by atoms with Crippen molar-refractivity contribution in [2.45, 2.75) is 39.0 Å². The van der Waals surface area contributed by atoms with Crippen LogP contribution in [-0.2, 0) is 0 Å². The molecular formula is C16H23N3O2. The molecule has 1 aromatic heterocycles. The van der Waals surface area contributed by atoms with Crippen LogP contribution in [0.25, 0.3) is 0 Å². The van der Waals surface area contributed by atoms with Gasteiger partial charge in [-0.2, -0.15) is 0 Å². The van der Waals surface area contributed by atoms with Gasteiger partial charge in [0.15, 0.2) is 0 Å². The van der Waals surface area contributed by atoms with E-state index in [1.54, 1.807) is 12.4 Å². The minimum absolute atomic E-state index is 0.00894. The van der Waals surface area contributed by atoms with Gasteiger partial charge in [-0.15, -0.1) is 0 Å². The van der Waals surface area contributed by atoms with E-state index in [-0.39, 0.29) is 5.91 Å². The lowest BCUT2D eigenvalue weighted by Crippen LogP contribution is -2.32. The van der Waals surface area contributed by atoms with E-state index in [2.05, 4.69) is 16.9 Å². The number of carbonyl (C=O) groups excluding carboxylic acids is 1. The molecule has 1 aliphatic carbocycles. The molecule has 2 heterocycles. The lowest BCUT2D eigenvalue weighted by Gasteiger charge is -2.19. The third-order valence-electron chi connectivity index (χ3n) is 4.32. The third-order valence-corrected chi connectivity index (χ3v) is 4.32. The first-order valence-electron chi connectivity index (χ1n) is 7.96. The summed E-state index contributed by atoms with van der Waals surface area (Å²) in [6, 6.07) is 0. The van der Waals surface area contributed by atoms with E-state index in [1.165, 1.54) is 19.3 Å². The molecule has 0 radical (unpaired) electrons. The van der Waals surface area contributed by atoms with Crippen LogP contribution in [0.1, 0.15) is 49.5 Å². The normalized spacial score (nSPS) is 22.7. The fourth-order valence-corrected chi connectivity index (χ4v) is 2.62. The Morgan fingerprint density at radius 1 is 1.24 bits per heavy atom. The Balaban J connectivity index is 1.58. The average molecular weight is 289 g/mol. The average Bonchev–Trinajstić information content (AvgIpc) is 3.33. The van der Waals surface area contributed by atoms with Crippen LogP contribution in [0.5, 0.6) is 5.88 Å². The van der Waals surface area contributed by atoms with E-state index in [1.807, 2.05) is 4.90 Å². The van der Waals surface area contributed by atoms with Crippen molar-refractivity contribution in [2.75, 3.05) is 19.7 Å². The molecule has 0 spiro atoms. The van der Waals surface area contributed by atoms with Gasteiger partial charge in [0, 0.05) is 13.1 Å². The maximum atomic E-state index is 12.4. The number of hydrogen-bond donors (Lipinski definition) is 0. The summed E-state index contributed by atoms with van der Waals surface area (Å²) in [6.45, 7) is 4.61. The Morgan fingerprint density at radius 2 is 2.10 bits per heavy atom. The molecule has 5 heteroatoms. The van der Waals surface area contributed by atoms with Gasteiger partial charge in [0.25, 0.3) is 5.91 Å². The molecule has 1 amide bonds. The Kier molecular flexibility index (Phi) is 4.36. The highest BCUT2D eigenvalue weighted by Gasteiger charge is 2.23. The molecule has 2 fully saturated rings. The number of carbonyl (C=O) groups is 1. The van der Waals surface area contributed by atoms with Gasteiger partial charge in [0.2, 0.25) is 5.88 Å². The van der Waals surface area contributed by atoms with Crippen LogP contribution in [0, 0.1) is 11.8 Å². The lowest BCUT2D eigenvalue weighted by molar-refractivity contribution is 0.0753. The first kappa shape index (κ1) is 14.3. The molecule has 5 nitrogen and oxygen atoms in total. The fraction of sp³-hybridized carbons (Fsp3) is 0.688. The monoisotopic (exact) mass is 289 g/mol. The Labute approximate surface area is 125 Å². The number of aromatic nitrogens is 2. The molecular weight excluding hydrogens is 266 g/mol. The second-order valence-electron chi connectivity index (χ2n) is 6.32. The van der Waals surface area contributed by atoms with Gasteiger partial charge in [-0.3, -0.25) is 4.79 Å². The minimum Gasteiger partial charge on any atom is -0.476 e. The maximum absolute atomic E-state index is 12.4. The minimum atomic E-state index is -0.00894.